The van der Waals surface area contributed by atoms with Crippen molar-refractivity contribution in [2.24, 2.45) is 0 Å². The maximum absolute atomic E-state index is 9.78. The number of aliphatic hydroxyl groups excluding tert-OH is 8. The number of aliphatic hydroxyl groups is 8. The maximum atomic E-state index is 9.78. The highest BCUT2D eigenvalue weighted by Gasteiger charge is 2.51. The van der Waals surface area contributed by atoms with Gasteiger partial charge in [0.15, 0.2) is 6.29 Å². The van der Waals surface area contributed by atoms with Crippen molar-refractivity contribution in [3.05, 3.63) is 0 Å². The molecule has 0 radical (unpaired) electrons. The van der Waals surface area contributed by atoms with Crippen molar-refractivity contribution in [1.82, 2.24) is 0 Å². The predicted octanol–water partition coefficient (Wildman–Crippen LogP) is -5.37. The van der Waals surface area contributed by atoms with Crippen LogP contribution in [0.3, 0.4) is 0 Å². The lowest BCUT2D eigenvalue weighted by Gasteiger charge is -2.44. The number of hydrogen-bond acceptors (Lipinski definition) is 10. The van der Waals surface area contributed by atoms with Crippen LogP contribution in [-0.2, 0) is 9.47 Å². The molecule has 0 bridgehead atoms. The van der Waals surface area contributed by atoms with Crippen LogP contribution in [0.15, 0.2) is 0 Å². The molecular weight excluding hydrogens is 292 g/mol. The van der Waals surface area contributed by atoms with Gasteiger partial charge in [0.1, 0.15) is 54.9 Å². The van der Waals surface area contributed by atoms with Gasteiger partial charge >= 0.3 is 0 Å². The lowest BCUT2D eigenvalue weighted by Crippen LogP contribution is -2.66. The highest BCUT2D eigenvalue weighted by atomic mass is 16.7. The number of rotatable bonds is 2. The molecule has 2 rings (SSSR count). The van der Waals surface area contributed by atoms with Gasteiger partial charge in [-0.25, -0.2) is 0 Å². The van der Waals surface area contributed by atoms with E-state index in [4.69, 9.17) is 9.47 Å². The Morgan fingerprint density at radius 1 is 0.619 bits per heavy atom. The van der Waals surface area contributed by atoms with Gasteiger partial charge in [-0.05, 0) is 0 Å². The van der Waals surface area contributed by atoms with E-state index in [0.29, 0.717) is 0 Å². The van der Waals surface area contributed by atoms with Crippen LogP contribution in [0.25, 0.3) is 0 Å². The minimum atomic E-state index is -1.77. The molecule has 0 aromatic rings. The first-order chi connectivity index (χ1) is 9.75. The van der Waals surface area contributed by atoms with Crippen molar-refractivity contribution in [1.29, 1.82) is 0 Å². The summed E-state index contributed by atoms with van der Waals surface area (Å²) in [6, 6.07) is 0. The topological polar surface area (TPSA) is 180 Å². The molecule has 2 aliphatic rings. The molecule has 8 N–H and O–H groups in total. The molecule has 0 amide bonds. The third-order valence-electron chi connectivity index (χ3n) is 3.82. The molecule has 1 heterocycles. The van der Waals surface area contributed by atoms with Gasteiger partial charge in [-0.3, -0.25) is 0 Å². The van der Waals surface area contributed by atoms with Gasteiger partial charge in [-0.15, -0.1) is 0 Å². The van der Waals surface area contributed by atoms with Gasteiger partial charge in [0.25, 0.3) is 0 Å². The van der Waals surface area contributed by atoms with Gasteiger partial charge in [0.05, 0.1) is 6.61 Å². The van der Waals surface area contributed by atoms with Crippen molar-refractivity contribution in [2.75, 3.05) is 6.61 Å². The van der Waals surface area contributed by atoms with Crippen LogP contribution in [0.5, 0.6) is 0 Å². The van der Waals surface area contributed by atoms with Crippen molar-refractivity contribution in [2.45, 2.75) is 61.2 Å². The summed E-state index contributed by atoms with van der Waals surface area (Å²) in [6.45, 7) is -0.352. The molecule has 0 aromatic carbocycles. The molecule has 2 unspecified atom stereocenters. The second-order valence-corrected chi connectivity index (χ2v) is 5.30. The van der Waals surface area contributed by atoms with Crippen molar-refractivity contribution < 1.29 is 50.3 Å². The Bertz CT molecular complexity index is 338. The summed E-state index contributed by atoms with van der Waals surface area (Å²) in [4.78, 5) is 0. The minimum Gasteiger partial charge on any atom is -0.388 e. The van der Waals surface area contributed by atoms with E-state index in [1.165, 1.54) is 0 Å². The molecular formula is C11H20O10. The van der Waals surface area contributed by atoms with Gasteiger partial charge in [-0.1, -0.05) is 0 Å². The summed E-state index contributed by atoms with van der Waals surface area (Å²) in [7, 11) is 0. The van der Waals surface area contributed by atoms with Gasteiger partial charge in [-0.2, -0.15) is 0 Å². The van der Waals surface area contributed by atoms with E-state index in [2.05, 4.69) is 0 Å². The van der Waals surface area contributed by atoms with Crippen LogP contribution in [0.2, 0.25) is 0 Å². The SMILES string of the molecule is OC1[C@@H](O)[C@H](O)C(O[C@H]2OC[C@H](O)[C@H](O)[C@H]2O)[C@H](O)[C@H]1O. The first kappa shape index (κ1) is 17.0. The molecule has 1 saturated heterocycles. The summed E-state index contributed by atoms with van der Waals surface area (Å²) in [5, 5.41) is 76.6. The maximum Gasteiger partial charge on any atom is 0.186 e. The number of ether oxygens (including phenoxy) is 2. The van der Waals surface area contributed by atoms with E-state index in [-0.39, 0.29) is 6.61 Å². The Labute approximate surface area is 119 Å². The molecule has 21 heavy (non-hydrogen) atoms. The Kier molecular flexibility index (Phi) is 5.15. The van der Waals surface area contributed by atoms with Gasteiger partial charge < -0.3 is 50.3 Å². The van der Waals surface area contributed by atoms with Crippen molar-refractivity contribution in [3.63, 3.8) is 0 Å². The molecule has 10 nitrogen and oxygen atoms in total. The lowest BCUT2D eigenvalue weighted by atomic mass is 9.85. The molecule has 0 aromatic heterocycles. The van der Waals surface area contributed by atoms with Crippen LogP contribution < -0.4 is 0 Å². The lowest BCUT2D eigenvalue weighted by molar-refractivity contribution is -0.320. The van der Waals surface area contributed by atoms with E-state index in [9.17, 15) is 40.9 Å². The van der Waals surface area contributed by atoms with Gasteiger partial charge in [0.2, 0.25) is 0 Å². The smallest absolute Gasteiger partial charge is 0.186 e. The second-order valence-electron chi connectivity index (χ2n) is 5.30. The van der Waals surface area contributed by atoms with E-state index in [1.807, 2.05) is 0 Å². The van der Waals surface area contributed by atoms with Crippen LogP contribution in [0.4, 0.5) is 0 Å². The van der Waals surface area contributed by atoms with Crippen molar-refractivity contribution >= 4 is 0 Å². The zero-order chi connectivity index (χ0) is 15.9. The first-order valence-electron chi connectivity index (χ1n) is 6.47. The average Bonchev–Trinajstić information content (AvgIpc) is 2.47. The Balaban J connectivity index is 2.07. The highest BCUT2D eigenvalue weighted by molar-refractivity contribution is 5.00. The monoisotopic (exact) mass is 312 g/mol. The second kappa shape index (κ2) is 6.38. The molecule has 2 fully saturated rings. The highest BCUT2D eigenvalue weighted by Crippen LogP contribution is 2.27. The summed E-state index contributed by atoms with van der Waals surface area (Å²) in [6.07, 6.45) is -16.4. The molecule has 124 valence electrons. The van der Waals surface area contributed by atoms with E-state index in [0.717, 1.165) is 0 Å². The van der Waals surface area contributed by atoms with Gasteiger partial charge in [0, 0.05) is 0 Å². The largest absolute Gasteiger partial charge is 0.388 e. The van der Waals surface area contributed by atoms with Crippen molar-refractivity contribution in [3.8, 4) is 0 Å². The fourth-order valence-electron chi connectivity index (χ4n) is 2.41. The molecule has 10 heteroatoms. The zero-order valence-corrected chi connectivity index (χ0v) is 10.9. The third kappa shape index (κ3) is 3.05. The Morgan fingerprint density at radius 2 is 1.10 bits per heavy atom. The normalized spacial score (nSPS) is 55.4. The van der Waals surface area contributed by atoms with E-state index < -0.39 is 61.2 Å². The minimum absolute atomic E-state index is 0.352. The summed E-state index contributed by atoms with van der Waals surface area (Å²) < 4.78 is 10.0. The standard InChI is InChI=1S/C11H20O10/c12-2-1-20-11(9(19)3(2)13)21-10-7(17)5(15)4(14)6(16)8(10)18/h2-19H,1H2/t2-,3-,4?,5-,6+,7+,8-,9+,10?,11+/m0/s1. The molecule has 1 aliphatic heterocycles. The zero-order valence-electron chi connectivity index (χ0n) is 10.9. The molecule has 1 aliphatic carbocycles. The molecule has 10 atom stereocenters. The molecule has 0 spiro atoms. The first-order valence-corrected chi connectivity index (χ1v) is 6.47. The molecule has 1 saturated carbocycles. The summed E-state index contributed by atoms with van der Waals surface area (Å²) in [5.41, 5.74) is 0. The summed E-state index contributed by atoms with van der Waals surface area (Å²) >= 11 is 0. The van der Waals surface area contributed by atoms with Crippen LogP contribution in [0, 0.1) is 0 Å². The van der Waals surface area contributed by atoms with E-state index >= 15 is 0 Å². The Hall–Kier alpha value is -0.400. The van der Waals surface area contributed by atoms with Crippen LogP contribution >= 0.6 is 0 Å². The fourth-order valence-corrected chi connectivity index (χ4v) is 2.41. The van der Waals surface area contributed by atoms with Crippen LogP contribution in [0.1, 0.15) is 0 Å². The Morgan fingerprint density at radius 3 is 1.62 bits per heavy atom. The number of hydrogen-bond donors (Lipinski definition) is 8. The fraction of sp³-hybridized carbons (Fsp3) is 1.00. The average molecular weight is 312 g/mol. The third-order valence-corrected chi connectivity index (χ3v) is 3.82. The summed E-state index contributed by atoms with van der Waals surface area (Å²) in [5.74, 6) is 0. The quantitative estimate of drug-likeness (QED) is 0.245. The van der Waals surface area contributed by atoms with Crippen LogP contribution in [-0.4, -0.2) is 109 Å². The van der Waals surface area contributed by atoms with E-state index in [1.54, 1.807) is 0 Å². The predicted molar refractivity (Wildman–Crippen MR) is 62.7 cm³/mol.